The van der Waals surface area contributed by atoms with Crippen LogP contribution in [-0.2, 0) is 6.54 Å². The number of piperidine rings is 1. The molecule has 0 spiro atoms. The predicted molar refractivity (Wildman–Crippen MR) is 80.1 cm³/mol. The van der Waals surface area contributed by atoms with E-state index in [0.29, 0.717) is 0 Å². The summed E-state index contributed by atoms with van der Waals surface area (Å²) in [6.07, 6.45) is 4.20. The third kappa shape index (κ3) is 2.93. The number of rotatable bonds is 2. The fourth-order valence-electron chi connectivity index (χ4n) is 3.46. The molecule has 1 aromatic carbocycles. The number of hydrogen-bond acceptors (Lipinski definition) is 3. The molecule has 1 aromatic rings. The third-order valence-electron chi connectivity index (χ3n) is 4.66. The van der Waals surface area contributed by atoms with Crippen LogP contribution in [0.5, 0.6) is 0 Å². The average molecular weight is 259 g/mol. The predicted octanol–water partition coefficient (Wildman–Crippen LogP) is 2.25. The van der Waals surface area contributed by atoms with Crippen LogP contribution in [0.25, 0.3) is 0 Å². The molecule has 3 rings (SSSR count). The Morgan fingerprint density at radius 2 is 2.11 bits per heavy atom. The molecule has 0 aliphatic carbocycles. The van der Waals surface area contributed by atoms with Crippen molar-refractivity contribution in [1.29, 1.82) is 0 Å². The Morgan fingerprint density at radius 3 is 2.95 bits per heavy atom. The zero-order chi connectivity index (χ0) is 13.2. The first-order chi connectivity index (χ1) is 9.22. The Labute approximate surface area is 116 Å². The molecule has 2 saturated heterocycles. The van der Waals surface area contributed by atoms with Gasteiger partial charge in [0.05, 0.1) is 0 Å². The molecule has 0 bridgehead atoms. The summed E-state index contributed by atoms with van der Waals surface area (Å²) in [5, 5.41) is 0. The van der Waals surface area contributed by atoms with Gasteiger partial charge in [-0.3, -0.25) is 9.80 Å². The lowest BCUT2D eigenvalue weighted by molar-refractivity contribution is 0.0457. The van der Waals surface area contributed by atoms with E-state index < -0.39 is 0 Å². The first-order valence-corrected chi connectivity index (χ1v) is 7.54. The fourth-order valence-corrected chi connectivity index (χ4v) is 3.46. The zero-order valence-corrected chi connectivity index (χ0v) is 11.9. The fraction of sp³-hybridized carbons (Fsp3) is 0.625. The monoisotopic (exact) mass is 259 g/mol. The van der Waals surface area contributed by atoms with Crippen molar-refractivity contribution in [3.05, 3.63) is 29.3 Å². The Hall–Kier alpha value is -1.06. The number of benzene rings is 1. The summed E-state index contributed by atoms with van der Waals surface area (Å²) in [7, 11) is 0. The number of hydrogen-bond donors (Lipinski definition) is 1. The largest absolute Gasteiger partial charge is 0.399 e. The quantitative estimate of drug-likeness (QED) is 0.827. The highest BCUT2D eigenvalue weighted by molar-refractivity contribution is 5.47. The van der Waals surface area contributed by atoms with Gasteiger partial charge in [-0.25, -0.2) is 0 Å². The molecule has 19 heavy (non-hydrogen) atoms. The molecule has 3 heteroatoms. The van der Waals surface area contributed by atoms with Crippen molar-refractivity contribution in [2.75, 3.05) is 31.9 Å². The summed E-state index contributed by atoms with van der Waals surface area (Å²) in [6, 6.07) is 7.26. The van der Waals surface area contributed by atoms with E-state index >= 15 is 0 Å². The Balaban J connectivity index is 1.62. The highest BCUT2D eigenvalue weighted by atomic mass is 15.3. The minimum absolute atomic E-state index is 0.803. The summed E-state index contributed by atoms with van der Waals surface area (Å²) in [6.45, 7) is 8.19. The minimum atomic E-state index is 0.803. The zero-order valence-electron chi connectivity index (χ0n) is 11.9. The molecule has 1 atom stereocenters. The third-order valence-corrected chi connectivity index (χ3v) is 4.66. The standard InChI is InChI=1S/C16H25N3/c1-13-10-14(5-6-16(13)17)11-18-8-9-19-7-3-2-4-15(19)12-18/h5-6,10,15H,2-4,7-9,11-12,17H2,1H3. The van der Waals surface area contributed by atoms with Crippen molar-refractivity contribution in [2.45, 2.75) is 38.8 Å². The van der Waals surface area contributed by atoms with Crippen LogP contribution < -0.4 is 5.73 Å². The van der Waals surface area contributed by atoms with Crippen LogP contribution in [0, 0.1) is 6.92 Å². The van der Waals surface area contributed by atoms with Gasteiger partial charge in [0.1, 0.15) is 0 Å². The van der Waals surface area contributed by atoms with E-state index in [4.69, 9.17) is 5.73 Å². The summed E-state index contributed by atoms with van der Waals surface area (Å²) in [4.78, 5) is 5.30. The van der Waals surface area contributed by atoms with Gasteiger partial charge in [0.25, 0.3) is 0 Å². The lowest BCUT2D eigenvalue weighted by atomic mass is 9.99. The summed E-state index contributed by atoms with van der Waals surface area (Å²) in [5.74, 6) is 0. The van der Waals surface area contributed by atoms with Gasteiger partial charge in [0, 0.05) is 37.9 Å². The SMILES string of the molecule is Cc1cc(CN2CCN3CCCCC3C2)ccc1N. The highest BCUT2D eigenvalue weighted by Gasteiger charge is 2.28. The van der Waals surface area contributed by atoms with Crippen LogP contribution in [0.15, 0.2) is 18.2 Å². The van der Waals surface area contributed by atoms with E-state index in [0.717, 1.165) is 18.3 Å². The number of anilines is 1. The lowest BCUT2D eigenvalue weighted by Crippen LogP contribution is -2.54. The first-order valence-electron chi connectivity index (χ1n) is 7.54. The van der Waals surface area contributed by atoms with Gasteiger partial charge in [-0.2, -0.15) is 0 Å². The second-order valence-corrected chi connectivity index (χ2v) is 6.11. The van der Waals surface area contributed by atoms with Crippen LogP contribution in [0.1, 0.15) is 30.4 Å². The smallest absolute Gasteiger partial charge is 0.0343 e. The molecule has 0 aromatic heterocycles. The maximum Gasteiger partial charge on any atom is 0.0343 e. The van der Waals surface area contributed by atoms with Crippen molar-refractivity contribution < 1.29 is 0 Å². The Kier molecular flexibility index (Phi) is 3.76. The Morgan fingerprint density at radius 1 is 1.21 bits per heavy atom. The molecule has 2 heterocycles. The molecule has 0 radical (unpaired) electrons. The number of nitrogen functional groups attached to an aromatic ring is 1. The molecule has 2 fully saturated rings. The van der Waals surface area contributed by atoms with Crippen molar-refractivity contribution in [2.24, 2.45) is 0 Å². The summed E-state index contributed by atoms with van der Waals surface area (Å²) >= 11 is 0. The number of piperazine rings is 1. The molecule has 2 aliphatic rings. The van der Waals surface area contributed by atoms with Crippen LogP contribution in [0.4, 0.5) is 5.69 Å². The maximum absolute atomic E-state index is 5.89. The highest BCUT2D eigenvalue weighted by Crippen LogP contribution is 2.22. The maximum atomic E-state index is 5.89. The molecule has 104 valence electrons. The summed E-state index contributed by atoms with van der Waals surface area (Å²) < 4.78 is 0. The number of nitrogens with two attached hydrogens (primary N) is 1. The number of fused-ring (bicyclic) bond motifs is 1. The minimum Gasteiger partial charge on any atom is -0.399 e. The normalized spacial score (nSPS) is 25.2. The molecular formula is C16H25N3. The molecule has 0 saturated carbocycles. The topological polar surface area (TPSA) is 32.5 Å². The molecule has 2 aliphatic heterocycles. The van der Waals surface area contributed by atoms with Crippen molar-refractivity contribution in [3.63, 3.8) is 0 Å². The molecule has 1 unspecified atom stereocenters. The van der Waals surface area contributed by atoms with E-state index in [1.54, 1.807) is 0 Å². The van der Waals surface area contributed by atoms with E-state index in [9.17, 15) is 0 Å². The number of nitrogens with zero attached hydrogens (tertiary/aromatic N) is 2. The van der Waals surface area contributed by atoms with Gasteiger partial charge in [-0.15, -0.1) is 0 Å². The van der Waals surface area contributed by atoms with Crippen molar-refractivity contribution in [3.8, 4) is 0 Å². The van der Waals surface area contributed by atoms with Gasteiger partial charge in [-0.05, 0) is 43.5 Å². The van der Waals surface area contributed by atoms with Gasteiger partial charge < -0.3 is 5.73 Å². The summed E-state index contributed by atoms with van der Waals surface area (Å²) in [5.41, 5.74) is 9.39. The molecule has 2 N–H and O–H groups in total. The van der Waals surface area contributed by atoms with E-state index in [-0.39, 0.29) is 0 Å². The van der Waals surface area contributed by atoms with Crippen molar-refractivity contribution in [1.82, 2.24) is 9.80 Å². The van der Waals surface area contributed by atoms with Crippen molar-refractivity contribution >= 4 is 5.69 Å². The van der Waals surface area contributed by atoms with Crippen LogP contribution >= 0.6 is 0 Å². The van der Waals surface area contributed by atoms with Gasteiger partial charge >= 0.3 is 0 Å². The van der Waals surface area contributed by atoms with Crippen LogP contribution in [0.3, 0.4) is 0 Å². The Bertz CT molecular complexity index is 444. The first kappa shape index (κ1) is 12.9. The van der Waals surface area contributed by atoms with Gasteiger partial charge in [0.15, 0.2) is 0 Å². The average Bonchev–Trinajstić information content (AvgIpc) is 2.43. The molecular weight excluding hydrogens is 234 g/mol. The van der Waals surface area contributed by atoms with E-state index in [1.807, 2.05) is 6.07 Å². The number of aryl methyl sites for hydroxylation is 1. The molecule has 0 amide bonds. The van der Waals surface area contributed by atoms with Crippen LogP contribution in [0.2, 0.25) is 0 Å². The van der Waals surface area contributed by atoms with Gasteiger partial charge in [0.2, 0.25) is 0 Å². The molecule has 3 nitrogen and oxygen atoms in total. The van der Waals surface area contributed by atoms with Gasteiger partial charge in [-0.1, -0.05) is 18.6 Å². The van der Waals surface area contributed by atoms with Crippen LogP contribution in [-0.4, -0.2) is 42.0 Å². The lowest BCUT2D eigenvalue weighted by Gasteiger charge is -2.44. The van der Waals surface area contributed by atoms with E-state index in [1.165, 1.54) is 56.6 Å². The second kappa shape index (κ2) is 5.51. The van der Waals surface area contributed by atoms with E-state index in [2.05, 4.69) is 28.9 Å². The second-order valence-electron chi connectivity index (χ2n) is 6.11.